The summed E-state index contributed by atoms with van der Waals surface area (Å²) in [6, 6.07) is 14.1. The Balaban J connectivity index is 1.47. The lowest BCUT2D eigenvalue weighted by atomic mass is 10.1. The molecule has 1 unspecified atom stereocenters. The van der Waals surface area contributed by atoms with Gasteiger partial charge in [0.05, 0.1) is 11.0 Å². The van der Waals surface area contributed by atoms with Gasteiger partial charge >= 0.3 is 0 Å². The number of aryl methyl sites for hydroxylation is 2. The average Bonchev–Trinajstić information content (AvgIpc) is 3.21. The van der Waals surface area contributed by atoms with Gasteiger partial charge in [-0.2, -0.15) is 0 Å². The summed E-state index contributed by atoms with van der Waals surface area (Å²) >= 11 is 0. The molecule has 2 aromatic carbocycles. The fraction of sp³-hybridized carbons (Fsp3) is 0.444. The molecule has 6 nitrogen and oxygen atoms in total. The number of hydrogen-bond donors (Lipinski definition) is 0. The molecular weight excluding hydrogens is 412 g/mol. The molecule has 3 aromatic rings. The van der Waals surface area contributed by atoms with E-state index in [4.69, 9.17) is 4.98 Å². The first-order chi connectivity index (χ1) is 16.0. The van der Waals surface area contributed by atoms with Gasteiger partial charge in [0, 0.05) is 37.7 Å². The highest BCUT2D eigenvalue weighted by Gasteiger charge is 2.36. The fourth-order valence-electron chi connectivity index (χ4n) is 5.46. The molecule has 1 aromatic heterocycles. The second kappa shape index (κ2) is 9.00. The smallest absolute Gasteiger partial charge is 0.242 e. The SMILES string of the molecule is Cc1cccc(C)c1N1CC(c2nc3ccccc3n2CC(=O)N2CCCCCC2)CC1=O. The zero-order chi connectivity index (χ0) is 22.9. The lowest BCUT2D eigenvalue weighted by Crippen LogP contribution is -2.35. The molecule has 6 heteroatoms. The lowest BCUT2D eigenvalue weighted by molar-refractivity contribution is -0.131. The van der Waals surface area contributed by atoms with Gasteiger partial charge in [0.2, 0.25) is 11.8 Å². The molecule has 5 rings (SSSR count). The number of benzene rings is 2. The Labute approximate surface area is 195 Å². The number of fused-ring (bicyclic) bond motifs is 1. The Kier molecular flexibility index (Phi) is 5.92. The van der Waals surface area contributed by atoms with E-state index < -0.39 is 0 Å². The number of imidazole rings is 1. The van der Waals surface area contributed by atoms with E-state index in [1.807, 2.05) is 40.1 Å². The van der Waals surface area contributed by atoms with Crippen molar-refractivity contribution < 1.29 is 9.59 Å². The Hall–Kier alpha value is -3.15. The van der Waals surface area contributed by atoms with E-state index in [9.17, 15) is 9.59 Å². The highest BCUT2D eigenvalue weighted by atomic mass is 16.2. The maximum Gasteiger partial charge on any atom is 0.242 e. The highest BCUT2D eigenvalue weighted by molar-refractivity contribution is 5.98. The minimum atomic E-state index is -0.0409. The molecular formula is C27H32N4O2. The number of carbonyl (C=O) groups is 2. The largest absolute Gasteiger partial charge is 0.341 e. The number of rotatable bonds is 4. The average molecular weight is 445 g/mol. The normalized spacial score (nSPS) is 19.3. The first-order valence-corrected chi connectivity index (χ1v) is 12.1. The van der Waals surface area contributed by atoms with E-state index in [1.165, 1.54) is 12.8 Å². The standard InChI is InChI=1S/C27H32N4O2/c1-19-10-9-11-20(2)26(19)31-17-21(16-24(31)32)27-28-22-12-5-6-13-23(22)30(27)18-25(33)29-14-7-3-4-8-15-29/h5-6,9-13,21H,3-4,7-8,14-18H2,1-2H3. The zero-order valence-electron chi connectivity index (χ0n) is 19.6. The van der Waals surface area contributed by atoms with E-state index in [0.717, 1.165) is 59.6 Å². The molecule has 2 saturated heterocycles. The Morgan fingerprint density at radius 2 is 1.67 bits per heavy atom. The molecule has 33 heavy (non-hydrogen) atoms. The molecule has 0 saturated carbocycles. The number of carbonyl (C=O) groups excluding carboxylic acids is 2. The molecule has 2 amide bonds. The van der Waals surface area contributed by atoms with Gasteiger partial charge in [-0.25, -0.2) is 4.98 Å². The number of likely N-dealkylation sites (tertiary alicyclic amines) is 1. The number of para-hydroxylation sites is 3. The quantitative estimate of drug-likeness (QED) is 0.592. The second-order valence-electron chi connectivity index (χ2n) is 9.49. The van der Waals surface area contributed by atoms with Gasteiger partial charge in [0.25, 0.3) is 0 Å². The van der Waals surface area contributed by atoms with E-state index in [1.54, 1.807) is 0 Å². The zero-order valence-corrected chi connectivity index (χ0v) is 19.6. The van der Waals surface area contributed by atoms with Crippen molar-refractivity contribution in [1.82, 2.24) is 14.5 Å². The van der Waals surface area contributed by atoms with Crippen molar-refractivity contribution in [3.05, 3.63) is 59.4 Å². The number of hydrogen-bond acceptors (Lipinski definition) is 3. The highest BCUT2D eigenvalue weighted by Crippen LogP contribution is 2.36. The molecule has 0 radical (unpaired) electrons. The van der Waals surface area contributed by atoms with Crippen molar-refractivity contribution >= 4 is 28.5 Å². The number of nitrogens with zero attached hydrogens (tertiary/aromatic N) is 4. The van der Waals surface area contributed by atoms with Gasteiger partial charge in [0.15, 0.2) is 0 Å². The van der Waals surface area contributed by atoms with Gasteiger partial charge in [-0.3, -0.25) is 9.59 Å². The van der Waals surface area contributed by atoms with Crippen molar-refractivity contribution in [1.29, 1.82) is 0 Å². The van der Waals surface area contributed by atoms with E-state index in [-0.39, 0.29) is 24.3 Å². The Morgan fingerprint density at radius 3 is 2.39 bits per heavy atom. The van der Waals surface area contributed by atoms with Gasteiger partial charge in [-0.15, -0.1) is 0 Å². The van der Waals surface area contributed by atoms with E-state index >= 15 is 0 Å². The first-order valence-electron chi connectivity index (χ1n) is 12.1. The molecule has 2 aliphatic heterocycles. The number of anilines is 1. The van der Waals surface area contributed by atoms with Gasteiger partial charge in [-0.05, 0) is 49.9 Å². The molecule has 2 fully saturated rings. The van der Waals surface area contributed by atoms with Crippen LogP contribution in [0.15, 0.2) is 42.5 Å². The number of aromatic nitrogens is 2. The second-order valence-corrected chi connectivity index (χ2v) is 9.49. The van der Waals surface area contributed by atoms with Crippen LogP contribution in [0.5, 0.6) is 0 Å². The number of amides is 2. The summed E-state index contributed by atoms with van der Waals surface area (Å²) in [6.07, 6.45) is 4.95. The summed E-state index contributed by atoms with van der Waals surface area (Å²) in [7, 11) is 0. The molecule has 3 heterocycles. The third kappa shape index (κ3) is 4.14. The third-order valence-corrected chi connectivity index (χ3v) is 7.14. The summed E-state index contributed by atoms with van der Waals surface area (Å²) in [5.74, 6) is 1.08. The van der Waals surface area contributed by atoms with Crippen LogP contribution in [0, 0.1) is 13.8 Å². The molecule has 1 atom stereocenters. The minimum absolute atomic E-state index is 0.0409. The summed E-state index contributed by atoms with van der Waals surface area (Å²) in [5, 5.41) is 0. The summed E-state index contributed by atoms with van der Waals surface area (Å²) in [4.78, 5) is 35.2. The van der Waals surface area contributed by atoms with Crippen molar-refractivity contribution in [2.75, 3.05) is 24.5 Å². The first kappa shape index (κ1) is 21.7. The molecule has 2 aliphatic rings. The van der Waals surface area contributed by atoms with Crippen LogP contribution in [-0.4, -0.2) is 45.9 Å². The minimum Gasteiger partial charge on any atom is -0.341 e. The van der Waals surface area contributed by atoms with Crippen LogP contribution in [-0.2, 0) is 16.1 Å². The molecule has 0 spiro atoms. The molecule has 0 bridgehead atoms. The van der Waals surface area contributed by atoms with E-state index in [0.29, 0.717) is 13.0 Å². The lowest BCUT2D eigenvalue weighted by Gasteiger charge is -2.23. The van der Waals surface area contributed by atoms with Gasteiger partial charge in [-0.1, -0.05) is 43.2 Å². The topological polar surface area (TPSA) is 58.4 Å². The van der Waals surface area contributed by atoms with Crippen LogP contribution in [0.3, 0.4) is 0 Å². The van der Waals surface area contributed by atoms with Crippen LogP contribution in [0.4, 0.5) is 5.69 Å². The Bertz CT molecular complexity index is 1170. The Morgan fingerprint density at radius 1 is 0.970 bits per heavy atom. The van der Waals surface area contributed by atoms with Crippen LogP contribution >= 0.6 is 0 Å². The van der Waals surface area contributed by atoms with Gasteiger partial charge < -0.3 is 14.4 Å². The van der Waals surface area contributed by atoms with Crippen LogP contribution in [0.2, 0.25) is 0 Å². The summed E-state index contributed by atoms with van der Waals surface area (Å²) in [5.41, 5.74) is 5.07. The van der Waals surface area contributed by atoms with Crippen molar-refractivity contribution in [2.24, 2.45) is 0 Å². The third-order valence-electron chi connectivity index (χ3n) is 7.14. The van der Waals surface area contributed by atoms with Crippen molar-refractivity contribution in [3.8, 4) is 0 Å². The van der Waals surface area contributed by atoms with Crippen molar-refractivity contribution in [3.63, 3.8) is 0 Å². The maximum absolute atomic E-state index is 13.3. The monoisotopic (exact) mass is 444 g/mol. The molecule has 172 valence electrons. The maximum atomic E-state index is 13.3. The molecule has 0 N–H and O–H groups in total. The van der Waals surface area contributed by atoms with Crippen molar-refractivity contribution in [2.45, 2.75) is 58.4 Å². The fourth-order valence-corrected chi connectivity index (χ4v) is 5.46. The van der Waals surface area contributed by atoms with E-state index in [2.05, 4.69) is 30.5 Å². The van der Waals surface area contributed by atoms with Gasteiger partial charge in [0.1, 0.15) is 12.4 Å². The summed E-state index contributed by atoms with van der Waals surface area (Å²) < 4.78 is 2.06. The van der Waals surface area contributed by atoms with Crippen LogP contribution in [0.1, 0.15) is 55.0 Å². The predicted molar refractivity (Wildman–Crippen MR) is 130 cm³/mol. The summed E-state index contributed by atoms with van der Waals surface area (Å²) in [6.45, 7) is 6.65. The van der Waals surface area contributed by atoms with Crippen LogP contribution < -0.4 is 4.90 Å². The predicted octanol–water partition coefficient (Wildman–Crippen LogP) is 4.58. The van der Waals surface area contributed by atoms with Crippen LogP contribution in [0.25, 0.3) is 11.0 Å². The molecule has 0 aliphatic carbocycles.